The van der Waals surface area contributed by atoms with Crippen molar-refractivity contribution in [2.75, 3.05) is 113 Å². The lowest BCUT2D eigenvalue weighted by Crippen LogP contribution is -2.67. The van der Waals surface area contributed by atoms with Crippen molar-refractivity contribution in [2.45, 2.75) is 56.0 Å². The Balaban J connectivity index is 1.22. The summed E-state index contributed by atoms with van der Waals surface area (Å²) in [4.78, 5) is 2.33. The van der Waals surface area contributed by atoms with E-state index in [0.717, 1.165) is 32.4 Å². The Bertz CT molecular complexity index is 843. The van der Waals surface area contributed by atoms with Gasteiger partial charge in [0.2, 0.25) is 0 Å². The van der Waals surface area contributed by atoms with Crippen LogP contribution in [0, 0.1) is 5.92 Å². The number of methoxy groups -OCH3 is 1. The second-order valence-electron chi connectivity index (χ2n) is 11.4. The second-order valence-corrected chi connectivity index (χ2v) is 11.4. The minimum atomic E-state index is -0.882. The number of nitrogens with zero attached hydrogens (tertiary/aromatic N) is 1. The Labute approximate surface area is 269 Å². The minimum absolute atomic E-state index is 0.00110. The van der Waals surface area contributed by atoms with Gasteiger partial charge in [0, 0.05) is 25.6 Å². The fourth-order valence-corrected chi connectivity index (χ4v) is 6.30. The van der Waals surface area contributed by atoms with E-state index >= 15 is 0 Å². The first-order valence-corrected chi connectivity index (χ1v) is 16.5. The van der Waals surface area contributed by atoms with Crippen LogP contribution in [0.4, 0.5) is 0 Å². The first-order chi connectivity index (χ1) is 22.1. The summed E-state index contributed by atoms with van der Waals surface area (Å²) >= 11 is 0. The van der Waals surface area contributed by atoms with Crippen molar-refractivity contribution < 1.29 is 52.8 Å². The minimum Gasteiger partial charge on any atom is -0.505 e. The van der Waals surface area contributed by atoms with Crippen molar-refractivity contribution in [1.82, 2.24) is 4.90 Å². The van der Waals surface area contributed by atoms with E-state index in [9.17, 15) is 10.2 Å². The Kier molecular flexibility index (Phi) is 19.2. The SMILES string of the molecule is C=CCN1CC[C@@H]2[C@H]3O/C=C(O)/C=C\CC[C@@H]1[C@]2(O)CC[C@@H]3OCCOCCOCCOCCOCCOCCOCCOC. The van der Waals surface area contributed by atoms with E-state index in [2.05, 4.69) is 11.5 Å². The Hall–Kier alpha value is -1.58. The van der Waals surface area contributed by atoms with Crippen molar-refractivity contribution >= 4 is 0 Å². The summed E-state index contributed by atoms with van der Waals surface area (Å²) in [5.41, 5.74) is -0.882. The maximum atomic E-state index is 12.0. The van der Waals surface area contributed by atoms with E-state index in [4.69, 9.17) is 42.6 Å². The molecule has 5 atom stereocenters. The molecule has 1 saturated heterocycles. The van der Waals surface area contributed by atoms with E-state index in [1.165, 1.54) is 6.26 Å². The first-order valence-electron chi connectivity index (χ1n) is 16.5. The molecule has 2 aliphatic heterocycles. The Morgan fingerprint density at radius 2 is 1.40 bits per heavy atom. The van der Waals surface area contributed by atoms with E-state index in [1.54, 1.807) is 13.2 Å². The van der Waals surface area contributed by atoms with E-state index < -0.39 is 5.60 Å². The third kappa shape index (κ3) is 13.6. The summed E-state index contributed by atoms with van der Waals surface area (Å²) in [5, 5.41) is 22.3. The third-order valence-corrected chi connectivity index (χ3v) is 8.44. The van der Waals surface area contributed by atoms with Gasteiger partial charge in [-0.2, -0.15) is 0 Å². The molecule has 2 heterocycles. The van der Waals surface area contributed by atoms with Gasteiger partial charge in [0.1, 0.15) is 18.1 Å². The zero-order valence-corrected chi connectivity index (χ0v) is 27.2. The highest BCUT2D eigenvalue weighted by atomic mass is 16.6. The number of rotatable bonds is 24. The van der Waals surface area contributed by atoms with Crippen LogP contribution in [0.25, 0.3) is 0 Å². The van der Waals surface area contributed by atoms with Crippen LogP contribution in [-0.4, -0.2) is 152 Å². The van der Waals surface area contributed by atoms with Gasteiger partial charge in [-0.3, -0.25) is 4.90 Å². The van der Waals surface area contributed by atoms with Crippen molar-refractivity contribution in [3.05, 3.63) is 36.8 Å². The zero-order valence-electron chi connectivity index (χ0n) is 27.2. The van der Waals surface area contributed by atoms with Gasteiger partial charge in [-0.1, -0.05) is 12.2 Å². The van der Waals surface area contributed by atoms with Gasteiger partial charge in [-0.25, -0.2) is 0 Å². The van der Waals surface area contributed by atoms with Crippen LogP contribution in [-0.2, 0) is 42.6 Å². The molecule has 0 aromatic heterocycles. The molecule has 3 rings (SSSR count). The van der Waals surface area contributed by atoms with E-state index in [0.29, 0.717) is 105 Å². The van der Waals surface area contributed by atoms with Crippen LogP contribution in [0.3, 0.4) is 0 Å². The molecule has 1 aliphatic carbocycles. The molecule has 12 nitrogen and oxygen atoms in total. The molecular weight excluding hydrogens is 586 g/mol. The topological polar surface area (TPSA) is 127 Å². The molecule has 0 amide bonds. The van der Waals surface area contributed by atoms with Gasteiger partial charge in [0.15, 0.2) is 0 Å². The van der Waals surface area contributed by atoms with Gasteiger partial charge in [-0.05, 0) is 44.7 Å². The fraction of sp³-hybridized carbons (Fsp3) is 0.818. The molecule has 45 heavy (non-hydrogen) atoms. The standard InChI is InChI=1S/C33H57NO11/c1-3-11-34-12-9-29-32-30(8-10-33(29,36)31(34)7-5-4-6-28(35)27-45-32)44-26-25-43-24-23-42-22-21-41-20-19-40-18-17-39-16-15-38-14-13-37-2/h3-4,6,27,29-32,35-36H,1,5,7-26H2,2H3/b6-4-,28-27-/t29-,30+,31-,32-,33+/m1/s1. The molecule has 0 unspecified atom stereocenters. The Morgan fingerprint density at radius 1 is 0.844 bits per heavy atom. The number of likely N-dealkylation sites (tertiary alicyclic amines) is 1. The largest absolute Gasteiger partial charge is 0.505 e. The number of allylic oxidation sites excluding steroid dienone is 2. The van der Waals surface area contributed by atoms with Gasteiger partial charge in [0.05, 0.1) is 104 Å². The Morgan fingerprint density at radius 3 is 1.96 bits per heavy atom. The van der Waals surface area contributed by atoms with Crippen LogP contribution in [0.1, 0.15) is 32.1 Å². The molecular formula is C33H57NO11. The zero-order chi connectivity index (χ0) is 32.0. The number of aliphatic hydroxyl groups excluding tert-OH is 1. The van der Waals surface area contributed by atoms with Crippen LogP contribution < -0.4 is 0 Å². The first kappa shape index (κ1) is 37.9. The number of piperidine rings is 1. The maximum Gasteiger partial charge on any atom is 0.149 e. The molecule has 4 bridgehead atoms. The highest BCUT2D eigenvalue weighted by molar-refractivity contribution is 5.13. The molecule has 2 N–H and O–H groups in total. The van der Waals surface area contributed by atoms with Gasteiger partial charge in [0.25, 0.3) is 0 Å². The molecule has 0 spiro atoms. The lowest BCUT2D eigenvalue weighted by Gasteiger charge is -2.56. The number of aliphatic hydroxyl groups is 2. The molecule has 12 heteroatoms. The lowest BCUT2D eigenvalue weighted by molar-refractivity contribution is -0.212. The normalized spacial score (nSPS) is 28.9. The summed E-state index contributed by atoms with van der Waals surface area (Å²) in [6.07, 6.45) is 10.0. The van der Waals surface area contributed by atoms with Crippen LogP contribution in [0.2, 0.25) is 0 Å². The smallest absolute Gasteiger partial charge is 0.149 e. The molecule has 0 radical (unpaired) electrons. The molecule has 2 fully saturated rings. The highest BCUT2D eigenvalue weighted by Gasteiger charge is 2.56. The monoisotopic (exact) mass is 643 g/mol. The molecule has 1 saturated carbocycles. The van der Waals surface area contributed by atoms with Crippen LogP contribution in [0.15, 0.2) is 36.8 Å². The summed E-state index contributed by atoms with van der Waals surface area (Å²) in [5.74, 6) is -0.0228. The maximum absolute atomic E-state index is 12.0. The van der Waals surface area contributed by atoms with Crippen LogP contribution in [0.5, 0.6) is 0 Å². The lowest BCUT2D eigenvalue weighted by atomic mass is 9.64. The van der Waals surface area contributed by atoms with Gasteiger partial charge >= 0.3 is 0 Å². The second kappa shape index (κ2) is 22.9. The van der Waals surface area contributed by atoms with Gasteiger partial charge < -0.3 is 52.8 Å². The van der Waals surface area contributed by atoms with Crippen molar-refractivity contribution in [2.24, 2.45) is 5.92 Å². The fourth-order valence-electron chi connectivity index (χ4n) is 6.30. The van der Waals surface area contributed by atoms with E-state index in [1.807, 2.05) is 12.2 Å². The average molecular weight is 644 g/mol. The van der Waals surface area contributed by atoms with Crippen molar-refractivity contribution in [3.8, 4) is 0 Å². The highest BCUT2D eigenvalue weighted by Crippen LogP contribution is 2.47. The summed E-state index contributed by atoms with van der Waals surface area (Å²) in [6.45, 7) is 12.6. The number of hydrogen-bond acceptors (Lipinski definition) is 12. The summed E-state index contributed by atoms with van der Waals surface area (Å²) in [7, 11) is 1.64. The van der Waals surface area contributed by atoms with Crippen LogP contribution >= 0.6 is 0 Å². The van der Waals surface area contributed by atoms with Gasteiger partial charge in [-0.15, -0.1) is 6.58 Å². The average Bonchev–Trinajstić information content (AvgIpc) is 3.04. The van der Waals surface area contributed by atoms with Crippen molar-refractivity contribution in [1.29, 1.82) is 0 Å². The summed E-state index contributed by atoms with van der Waals surface area (Å²) < 4.78 is 50.3. The quantitative estimate of drug-likeness (QED) is 0.119. The molecule has 3 aliphatic rings. The predicted octanol–water partition coefficient (Wildman–Crippen LogP) is 2.65. The van der Waals surface area contributed by atoms with Crippen molar-refractivity contribution in [3.63, 3.8) is 0 Å². The molecule has 0 aromatic carbocycles. The predicted molar refractivity (Wildman–Crippen MR) is 168 cm³/mol. The molecule has 260 valence electrons. The third-order valence-electron chi connectivity index (χ3n) is 8.44. The van der Waals surface area contributed by atoms with E-state index in [-0.39, 0.29) is 29.9 Å². The summed E-state index contributed by atoms with van der Waals surface area (Å²) in [6, 6.07) is 0.00110. The molecule has 0 aromatic rings. The number of ether oxygens (including phenoxy) is 9. The number of hydrogen-bond donors (Lipinski definition) is 2.